The lowest BCUT2D eigenvalue weighted by Crippen LogP contribution is -2.26. The first-order valence-corrected chi connectivity index (χ1v) is 11.1. The lowest BCUT2D eigenvalue weighted by Gasteiger charge is -2.15. The number of nitrogens with one attached hydrogen (secondary N) is 1. The van der Waals surface area contributed by atoms with Crippen LogP contribution in [0.2, 0.25) is 5.02 Å². The van der Waals surface area contributed by atoms with Gasteiger partial charge in [0.25, 0.3) is 0 Å². The molecule has 13 heteroatoms. The van der Waals surface area contributed by atoms with Crippen LogP contribution in [-0.2, 0) is 20.4 Å². The minimum atomic E-state index is -4.79. The van der Waals surface area contributed by atoms with Crippen molar-refractivity contribution in [3.63, 3.8) is 0 Å². The van der Waals surface area contributed by atoms with Gasteiger partial charge in [-0.2, -0.15) is 18.3 Å². The lowest BCUT2D eigenvalue weighted by atomic mass is 10.1. The Bertz CT molecular complexity index is 1060. The van der Waals surface area contributed by atoms with Crippen LogP contribution in [0.25, 0.3) is 0 Å². The van der Waals surface area contributed by atoms with Crippen molar-refractivity contribution in [1.29, 1.82) is 0 Å². The summed E-state index contributed by atoms with van der Waals surface area (Å²) in [7, 11) is 0. The highest BCUT2D eigenvalue weighted by atomic mass is 35.5. The summed E-state index contributed by atoms with van der Waals surface area (Å²) in [6.07, 6.45) is -4.24. The lowest BCUT2D eigenvalue weighted by molar-refractivity contribution is -0.141. The van der Waals surface area contributed by atoms with Gasteiger partial charge in [0.05, 0.1) is 29.5 Å². The van der Waals surface area contributed by atoms with E-state index in [2.05, 4.69) is 10.4 Å². The van der Waals surface area contributed by atoms with Crippen LogP contribution in [0.1, 0.15) is 70.2 Å². The summed E-state index contributed by atoms with van der Waals surface area (Å²) in [5.74, 6) is -2.20. The van der Waals surface area contributed by atoms with E-state index in [0.29, 0.717) is 6.42 Å². The smallest absolute Gasteiger partial charge is 0.436 e. The van der Waals surface area contributed by atoms with E-state index < -0.39 is 40.8 Å². The maximum atomic E-state index is 13.1. The van der Waals surface area contributed by atoms with Crippen LogP contribution in [0.4, 0.5) is 18.2 Å². The van der Waals surface area contributed by atoms with Gasteiger partial charge in [0.2, 0.25) is 5.91 Å². The van der Waals surface area contributed by atoms with Gasteiger partial charge in [-0.25, -0.2) is 9.59 Å². The molecule has 0 fully saturated rings. The Balaban J connectivity index is 2.43. The van der Waals surface area contributed by atoms with E-state index in [1.54, 1.807) is 13.8 Å². The Morgan fingerprint density at radius 2 is 1.82 bits per heavy atom. The number of carbonyl (C=O) groups is 3. The molecule has 1 N–H and O–H groups in total. The van der Waals surface area contributed by atoms with Gasteiger partial charge in [-0.3, -0.25) is 9.48 Å². The SMILES string of the molecule is CCCOC(=O)c1c(NC(=O)C(C)n2nc(C(F)(F)F)c(Cl)c2C)sc(C(=O)OCC)c1C. The zero-order valence-electron chi connectivity index (χ0n) is 18.6. The molecule has 8 nitrogen and oxygen atoms in total. The van der Waals surface area contributed by atoms with E-state index in [1.807, 2.05) is 0 Å². The second kappa shape index (κ2) is 10.6. The van der Waals surface area contributed by atoms with Crippen molar-refractivity contribution in [3.8, 4) is 0 Å². The zero-order valence-corrected chi connectivity index (χ0v) is 20.1. The molecular formula is C20H23ClF3N3O5S. The topological polar surface area (TPSA) is 99.5 Å². The van der Waals surface area contributed by atoms with Crippen molar-refractivity contribution < 1.29 is 37.0 Å². The van der Waals surface area contributed by atoms with Gasteiger partial charge in [-0.05, 0) is 39.7 Å². The summed E-state index contributed by atoms with van der Waals surface area (Å²) in [6, 6.07) is -1.22. The molecular weight excluding hydrogens is 487 g/mol. The molecule has 182 valence electrons. The Kier molecular flexibility index (Phi) is 8.52. The molecule has 2 heterocycles. The maximum absolute atomic E-state index is 13.1. The number of hydrogen-bond acceptors (Lipinski definition) is 7. The van der Waals surface area contributed by atoms with Crippen LogP contribution < -0.4 is 5.32 Å². The monoisotopic (exact) mass is 509 g/mol. The summed E-state index contributed by atoms with van der Waals surface area (Å²) in [4.78, 5) is 37.9. The van der Waals surface area contributed by atoms with Crippen LogP contribution >= 0.6 is 22.9 Å². The van der Waals surface area contributed by atoms with Gasteiger partial charge in [0, 0.05) is 0 Å². The minimum Gasteiger partial charge on any atom is -0.462 e. The number of thiophene rings is 1. The molecule has 1 amide bonds. The van der Waals surface area contributed by atoms with E-state index in [0.717, 1.165) is 16.0 Å². The van der Waals surface area contributed by atoms with Crippen molar-refractivity contribution in [3.05, 3.63) is 32.4 Å². The van der Waals surface area contributed by atoms with Crippen molar-refractivity contribution in [2.45, 2.75) is 53.3 Å². The van der Waals surface area contributed by atoms with E-state index in [9.17, 15) is 27.6 Å². The number of hydrogen-bond donors (Lipinski definition) is 1. The van der Waals surface area contributed by atoms with Gasteiger partial charge in [-0.1, -0.05) is 18.5 Å². The van der Waals surface area contributed by atoms with E-state index in [1.165, 1.54) is 20.8 Å². The van der Waals surface area contributed by atoms with Crippen molar-refractivity contribution in [2.24, 2.45) is 0 Å². The number of nitrogens with zero attached hydrogens (tertiary/aromatic N) is 2. The second-order valence-electron chi connectivity index (χ2n) is 6.97. The number of alkyl halides is 3. The van der Waals surface area contributed by atoms with Crippen molar-refractivity contribution >= 4 is 45.8 Å². The molecule has 1 atom stereocenters. The molecule has 0 aliphatic carbocycles. The zero-order chi connectivity index (χ0) is 25.1. The Labute approximate surface area is 197 Å². The molecule has 0 spiro atoms. The molecule has 0 aliphatic heterocycles. The summed E-state index contributed by atoms with van der Waals surface area (Å²) >= 11 is 6.58. The molecule has 0 aromatic carbocycles. The average Bonchev–Trinajstić information content (AvgIpc) is 3.22. The molecule has 0 bridgehead atoms. The van der Waals surface area contributed by atoms with Crippen molar-refractivity contribution in [2.75, 3.05) is 18.5 Å². The van der Waals surface area contributed by atoms with E-state index >= 15 is 0 Å². The molecule has 2 aromatic rings. The molecule has 2 rings (SSSR count). The number of aromatic nitrogens is 2. The normalized spacial score (nSPS) is 12.4. The van der Waals surface area contributed by atoms with Crippen molar-refractivity contribution in [1.82, 2.24) is 9.78 Å². The molecule has 0 aliphatic rings. The number of ether oxygens (including phenoxy) is 2. The van der Waals surface area contributed by atoms with Gasteiger partial charge in [0.15, 0.2) is 5.69 Å². The highest BCUT2D eigenvalue weighted by Gasteiger charge is 2.39. The number of anilines is 1. The highest BCUT2D eigenvalue weighted by Crippen LogP contribution is 2.37. The van der Waals surface area contributed by atoms with Crippen LogP contribution in [0.15, 0.2) is 0 Å². The molecule has 2 aromatic heterocycles. The molecule has 0 saturated heterocycles. The average molecular weight is 510 g/mol. The van der Waals surface area contributed by atoms with Gasteiger partial charge < -0.3 is 14.8 Å². The maximum Gasteiger partial charge on any atom is 0.436 e. The Hall–Kier alpha value is -2.60. The number of esters is 2. The number of amides is 1. The van der Waals surface area contributed by atoms with Gasteiger partial charge in [0.1, 0.15) is 15.9 Å². The number of halogens is 4. The Morgan fingerprint density at radius 1 is 1.18 bits per heavy atom. The molecule has 1 unspecified atom stereocenters. The first-order valence-electron chi connectivity index (χ1n) is 9.95. The minimum absolute atomic E-state index is 0.0143. The third kappa shape index (κ3) is 5.67. The molecule has 33 heavy (non-hydrogen) atoms. The van der Waals surface area contributed by atoms with Gasteiger partial charge >= 0.3 is 18.1 Å². The van der Waals surface area contributed by atoms with Crippen LogP contribution in [-0.4, -0.2) is 40.8 Å². The number of carbonyl (C=O) groups excluding carboxylic acids is 3. The number of rotatable bonds is 8. The van der Waals surface area contributed by atoms with E-state index in [-0.39, 0.29) is 39.9 Å². The standard InChI is InChI=1S/C20H23ClF3N3O5S/c1-6-8-32-18(29)12-9(3)14(19(30)31-7-2)33-17(12)25-16(28)11(5)27-10(4)13(21)15(26-27)20(22,23)24/h11H,6-8H2,1-5H3,(H,25,28). The third-order valence-electron chi connectivity index (χ3n) is 4.58. The Morgan fingerprint density at radius 3 is 2.33 bits per heavy atom. The van der Waals surface area contributed by atoms with Crippen LogP contribution in [0, 0.1) is 13.8 Å². The predicted molar refractivity (Wildman–Crippen MR) is 116 cm³/mol. The first-order chi connectivity index (χ1) is 15.3. The van der Waals surface area contributed by atoms with E-state index in [4.69, 9.17) is 21.1 Å². The summed E-state index contributed by atoms with van der Waals surface area (Å²) in [5.41, 5.74) is -1.12. The fraction of sp³-hybridized carbons (Fsp3) is 0.500. The largest absolute Gasteiger partial charge is 0.462 e. The summed E-state index contributed by atoms with van der Waals surface area (Å²) in [5, 5.41) is 5.36. The highest BCUT2D eigenvalue weighted by molar-refractivity contribution is 7.18. The summed E-state index contributed by atoms with van der Waals surface area (Å²) in [6.45, 7) is 7.79. The molecule has 0 radical (unpaired) electrons. The first kappa shape index (κ1) is 26.7. The van der Waals surface area contributed by atoms with Gasteiger partial charge in [-0.15, -0.1) is 11.3 Å². The fourth-order valence-corrected chi connectivity index (χ4v) is 4.21. The third-order valence-corrected chi connectivity index (χ3v) is 6.22. The quantitative estimate of drug-likeness (QED) is 0.492. The predicted octanol–water partition coefficient (Wildman–Crippen LogP) is 5.18. The van der Waals surface area contributed by atoms with Crippen LogP contribution in [0.3, 0.4) is 0 Å². The fourth-order valence-electron chi connectivity index (χ4n) is 2.89. The molecule has 0 saturated carbocycles. The van der Waals surface area contributed by atoms with Crippen LogP contribution in [0.5, 0.6) is 0 Å². The summed E-state index contributed by atoms with van der Waals surface area (Å²) < 4.78 is 50.4. The second-order valence-corrected chi connectivity index (χ2v) is 8.37.